The highest BCUT2D eigenvalue weighted by Crippen LogP contribution is 1.57. The molecule has 0 fully saturated rings. The third kappa shape index (κ3) is 0. The third-order valence-corrected chi connectivity index (χ3v) is 0. The largest absolute Gasteiger partial charge is 0.0656 e. The topological polar surface area (TPSA) is 0 Å². The van der Waals surface area contributed by atoms with E-state index >= 15 is 0 Å². The van der Waals surface area contributed by atoms with E-state index in [1.54, 1.807) is 0 Å². The van der Waals surface area contributed by atoms with Crippen LogP contribution in [0.1, 0.15) is 101 Å². The van der Waals surface area contributed by atoms with Crippen molar-refractivity contribution in [3.63, 3.8) is 0 Å². The monoisotopic (exact) mass is 220 g/mol. The Morgan fingerprint density at radius 2 is 0.267 bits per heavy atom. The lowest BCUT2D eigenvalue weighted by Gasteiger charge is -1.48. The van der Waals surface area contributed by atoms with Gasteiger partial charge in [0.15, 0.2) is 0 Å². The summed E-state index contributed by atoms with van der Waals surface area (Å²) in [4.78, 5) is 0. The summed E-state index contributed by atoms with van der Waals surface area (Å²) in [6, 6.07) is 0. The molecule has 100 valence electrons. The van der Waals surface area contributed by atoms with E-state index in [2.05, 4.69) is 69.2 Å². The summed E-state index contributed by atoms with van der Waals surface area (Å²) < 4.78 is 0. The van der Waals surface area contributed by atoms with Crippen LogP contribution in [0.4, 0.5) is 0 Å². The van der Waals surface area contributed by atoms with Gasteiger partial charge in [0.25, 0.3) is 0 Å². The van der Waals surface area contributed by atoms with Crippen molar-refractivity contribution < 1.29 is 0 Å². The first-order valence-electron chi connectivity index (χ1n) is 7.07. The molecule has 0 radical (unpaired) electrons. The van der Waals surface area contributed by atoms with E-state index in [0.717, 1.165) is 0 Å². The van der Waals surface area contributed by atoms with Gasteiger partial charge in [-0.1, -0.05) is 101 Å². The molecule has 0 heterocycles. The second-order valence-corrected chi connectivity index (χ2v) is 3.54. The van der Waals surface area contributed by atoms with Gasteiger partial charge in [-0.3, -0.25) is 0 Å². The molecule has 0 amide bonds. The number of hydrogen-bond acceptors (Lipinski definition) is 0. The van der Waals surface area contributed by atoms with Crippen LogP contribution in [0.15, 0.2) is 0 Å². The molecule has 0 bridgehead atoms. The fourth-order valence-corrected chi connectivity index (χ4v) is 0. The molecule has 0 spiro atoms. The number of hydrogen-bond donors (Lipinski definition) is 0. The van der Waals surface area contributed by atoms with E-state index in [-0.39, 0.29) is 0 Å². The first-order valence-corrected chi connectivity index (χ1v) is 7.07. The van der Waals surface area contributed by atoms with Crippen LogP contribution in [-0.2, 0) is 0 Å². The summed E-state index contributed by atoms with van der Waals surface area (Å²) in [6.45, 7) is 21.2. The highest BCUT2D eigenvalue weighted by molar-refractivity contribution is 3.93. The standard InChI is InChI=1S/5C3H8/c5*1-3-2/h5*3H2,1-2H3. The molecule has 0 saturated carbocycles. The lowest BCUT2D eigenvalue weighted by molar-refractivity contribution is 1.09. The van der Waals surface area contributed by atoms with Gasteiger partial charge >= 0.3 is 0 Å². The van der Waals surface area contributed by atoms with Crippen molar-refractivity contribution in [3.8, 4) is 0 Å². The molecule has 0 heteroatoms. The first kappa shape index (κ1) is 29.4. The summed E-state index contributed by atoms with van der Waals surface area (Å²) in [7, 11) is 0. The summed E-state index contributed by atoms with van der Waals surface area (Å²) in [6.07, 6.45) is 6.25. The molecule has 0 aliphatic rings. The summed E-state index contributed by atoms with van der Waals surface area (Å²) in [5.41, 5.74) is 0. The Kier molecular flexibility index (Phi) is 185. The van der Waals surface area contributed by atoms with Gasteiger partial charge in [0.2, 0.25) is 0 Å². The van der Waals surface area contributed by atoms with Crippen molar-refractivity contribution in [1.29, 1.82) is 0 Å². The highest BCUT2D eigenvalue weighted by atomic mass is 13.4. The van der Waals surface area contributed by atoms with Crippen LogP contribution < -0.4 is 0 Å². The lowest BCUT2D eigenvalue weighted by Crippen LogP contribution is -1.27. The predicted octanol–water partition coefficient (Wildman–Crippen LogP) is 7.08. The maximum absolute atomic E-state index is 2.12. The van der Waals surface area contributed by atoms with E-state index in [9.17, 15) is 0 Å². The van der Waals surface area contributed by atoms with Crippen molar-refractivity contribution in [2.45, 2.75) is 101 Å². The Balaban J connectivity index is -0.0000000278. The quantitative estimate of drug-likeness (QED) is 0.409. The molecular weight excluding hydrogens is 180 g/mol. The average Bonchev–Trinajstić information content (AvgIpc) is 2.09. The molecule has 0 saturated heterocycles. The van der Waals surface area contributed by atoms with Gasteiger partial charge in [0.1, 0.15) is 0 Å². The maximum Gasteiger partial charge on any atom is -0.0590 e. The molecular formula is C15H40. The summed E-state index contributed by atoms with van der Waals surface area (Å²) in [5.74, 6) is 0. The van der Waals surface area contributed by atoms with Crippen molar-refractivity contribution in [2.24, 2.45) is 0 Å². The second kappa shape index (κ2) is 94.6. The van der Waals surface area contributed by atoms with Crippen LogP contribution >= 0.6 is 0 Å². The van der Waals surface area contributed by atoms with Gasteiger partial charge in [0.05, 0.1) is 0 Å². The Hall–Kier alpha value is 0. The molecule has 0 aliphatic heterocycles. The van der Waals surface area contributed by atoms with Crippen LogP contribution in [0.2, 0.25) is 0 Å². The minimum Gasteiger partial charge on any atom is -0.0656 e. The Morgan fingerprint density at radius 1 is 0.267 bits per heavy atom. The minimum absolute atomic E-state index is 1.25. The van der Waals surface area contributed by atoms with Crippen molar-refractivity contribution >= 4 is 0 Å². The zero-order valence-electron chi connectivity index (χ0n) is 13.5. The average molecular weight is 220 g/mol. The van der Waals surface area contributed by atoms with E-state index in [1.165, 1.54) is 32.1 Å². The molecule has 0 N–H and O–H groups in total. The molecule has 15 heavy (non-hydrogen) atoms. The molecule has 0 aliphatic carbocycles. The lowest BCUT2D eigenvalue weighted by atomic mass is 10.6. The molecule has 0 nitrogen and oxygen atoms in total. The van der Waals surface area contributed by atoms with Gasteiger partial charge < -0.3 is 0 Å². The van der Waals surface area contributed by atoms with Crippen molar-refractivity contribution in [1.82, 2.24) is 0 Å². The smallest absolute Gasteiger partial charge is 0.0590 e. The van der Waals surface area contributed by atoms with Crippen LogP contribution in [0, 0.1) is 0 Å². The molecule has 0 aromatic carbocycles. The fraction of sp³-hybridized carbons (Fsp3) is 1.00. The van der Waals surface area contributed by atoms with Gasteiger partial charge in [0, 0.05) is 0 Å². The SMILES string of the molecule is CCC.CCC.CCC.CCC.CCC. The maximum atomic E-state index is 2.12. The van der Waals surface area contributed by atoms with Crippen molar-refractivity contribution in [2.75, 3.05) is 0 Å². The molecule has 0 aromatic rings. The Morgan fingerprint density at radius 3 is 0.267 bits per heavy atom. The summed E-state index contributed by atoms with van der Waals surface area (Å²) in [5, 5.41) is 0. The zero-order chi connectivity index (χ0) is 13.5. The minimum atomic E-state index is 1.25. The predicted molar refractivity (Wildman–Crippen MR) is 79.8 cm³/mol. The van der Waals surface area contributed by atoms with Crippen LogP contribution in [-0.4, -0.2) is 0 Å². The first-order chi connectivity index (χ1) is 7.07. The van der Waals surface area contributed by atoms with Crippen LogP contribution in [0.3, 0.4) is 0 Å². The van der Waals surface area contributed by atoms with E-state index in [4.69, 9.17) is 0 Å². The Bertz CT molecular complexity index is 11.6. The third-order valence-electron chi connectivity index (χ3n) is 0. The molecule has 0 atom stereocenters. The molecule has 0 unspecified atom stereocenters. The van der Waals surface area contributed by atoms with Gasteiger partial charge in [-0.25, -0.2) is 0 Å². The summed E-state index contributed by atoms with van der Waals surface area (Å²) >= 11 is 0. The number of rotatable bonds is 0. The Labute approximate surface area is 102 Å². The van der Waals surface area contributed by atoms with E-state index < -0.39 is 0 Å². The molecule has 0 rings (SSSR count). The van der Waals surface area contributed by atoms with Gasteiger partial charge in [-0.2, -0.15) is 0 Å². The van der Waals surface area contributed by atoms with E-state index in [0.29, 0.717) is 0 Å². The molecule has 0 aromatic heterocycles. The van der Waals surface area contributed by atoms with Gasteiger partial charge in [-0.05, 0) is 0 Å². The van der Waals surface area contributed by atoms with Crippen LogP contribution in [0.5, 0.6) is 0 Å². The van der Waals surface area contributed by atoms with E-state index in [1.807, 2.05) is 0 Å². The van der Waals surface area contributed by atoms with Crippen molar-refractivity contribution in [3.05, 3.63) is 0 Å². The zero-order valence-corrected chi connectivity index (χ0v) is 13.5. The fourth-order valence-electron chi connectivity index (χ4n) is 0. The highest BCUT2D eigenvalue weighted by Gasteiger charge is 1.36. The second-order valence-electron chi connectivity index (χ2n) is 3.54. The van der Waals surface area contributed by atoms with Crippen LogP contribution in [0.25, 0.3) is 0 Å². The van der Waals surface area contributed by atoms with Gasteiger partial charge in [-0.15, -0.1) is 0 Å². The normalized spacial score (nSPS) is 6.00.